The second-order valence-corrected chi connectivity index (χ2v) is 11.1. The Kier molecular flexibility index (Phi) is 8.54. The molecule has 0 spiro atoms. The number of carbonyl (C=O) groups excluding carboxylic acids is 3. The van der Waals surface area contributed by atoms with Gasteiger partial charge in [-0.05, 0) is 71.3 Å². The highest BCUT2D eigenvalue weighted by Gasteiger charge is 2.36. The van der Waals surface area contributed by atoms with Crippen LogP contribution in [0, 0.1) is 0 Å². The van der Waals surface area contributed by atoms with Crippen LogP contribution in [0.5, 0.6) is 11.5 Å². The molecule has 1 fully saturated rings. The third-order valence-electron chi connectivity index (χ3n) is 7.07. The molecule has 1 aliphatic heterocycles. The van der Waals surface area contributed by atoms with Crippen molar-refractivity contribution in [1.82, 2.24) is 5.32 Å². The Balaban J connectivity index is 1.15. The predicted molar refractivity (Wildman–Crippen MR) is 166 cm³/mol. The maximum absolute atomic E-state index is 13.1. The molecule has 5 rings (SSSR count). The van der Waals surface area contributed by atoms with Crippen LogP contribution >= 0.6 is 15.9 Å². The second kappa shape index (κ2) is 12.4. The lowest BCUT2D eigenvalue weighted by molar-refractivity contribution is -0.122. The van der Waals surface area contributed by atoms with Gasteiger partial charge in [0, 0.05) is 9.89 Å². The molecule has 0 unspecified atom stereocenters. The Morgan fingerprint density at radius 2 is 1.29 bits per heavy atom. The number of hydrogen-bond acceptors (Lipinski definition) is 5. The molecule has 0 atom stereocenters. The first-order chi connectivity index (χ1) is 20.2. The van der Waals surface area contributed by atoms with Crippen molar-refractivity contribution in [2.24, 2.45) is 0 Å². The summed E-state index contributed by atoms with van der Waals surface area (Å²) >= 11 is 3.33. The van der Waals surface area contributed by atoms with Gasteiger partial charge in [-0.25, -0.2) is 9.69 Å². The first-order valence-electron chi connectivity index (χ1n) is 13.4. The van der Waals surface area contributed by atoms with Crippen LogP contribution in [-0.2, 0) is 15.0 Å². The number of imide groups is 2. The van der Waals surface area contributed by atoms with Crippen molar-refractivity contribution in [3.63, 3.8) is 0 Å². The highest BCUT2D eigenvalue weighted by Crippen LogP contribution is 2.32. The van der Waals surface area contributed by atoms with Gasteiger partial charge in [-0.3, -0.25) is 14.9 Å². The molecule has 0 bridgehead atoms. The molecule has 1 aliphatic rings. The number of nitrogens with one attached hydrogen (secondary N) is 1. The molecular formula is C34H29BrN2O5. The molecule has 1 saturated heterocycles. The quantitative estimate of drug-likeness (QED) is 0.124. The molecule has 4 aromatic carbocycles. The molecule has 0 aliphatic carbocycles. The lowest BCUT2D eigenvalue weighted by Gasteiger charge is -2.26. The molecule has 42 heavy (non-hydrogen) atoms. The van der Waals surface area contributed by atoms with Crippen molar-refractivity contribution < 1.29 is 23.9 Å². The second-order valence-electron chi connectivity index (χ2n) is 10.2. The summed E-state index contributed by atoms with van der Waals surface area (Å²) < 4.78 is 12.5. The van der Waals surface area contributed by atoms with Gasteiger partial charge in [0.2, 0.25) is 0 Å². The van der Waals surface area contributed by atoms with Gasteiger partial charge in [0.05, 0.1) is 5.69 Å². The zero-order chi connectivity index (χ0) is 29.7. The van der Waals surface area contributed by atoms with E-state index in [0.717, 1.165) is 15.1 Å². The van der Waals surface area contributed by atoms with Gasteiger partial charge in [0.1, 0.15) is 30.3 Å². The Morgan fingerprint density at radius 3 is 1.88 bits per heavy atom. The molecule has 7 nitrogen and oxygen atoms in total. The average molecular weight is 626 g/mol. The average Bonchev–Trinajstić information content (AvgIpc) is 3.00. The molecule has 4 amide bonds. The topological polar surface area (TPSA) is 84.9 Å². The summed E-state index contributed by atoms with van der Waals surface area (Å²) in [6, 6.07) is 31.3. The highest BCUT2D eigenvalue weighted by atomic mass is 79.9. The van der Waals surface area contributed by atoms with E-state index in [9.17, 15) is 14.4 Å². The van der Waals surface area contributed by atoms with Gasteiger partial charge in [0.25, 0.3) is 11.8 Å². The van der Waals surface area contributed by atoms with E-state index in [4.69, 9.17) is 9.47 Å². The minimum absolute atomic E-state index is 0.116. The van der Waals surface area contributed by atoms with Crippen LogP contribution in [0.3, 0.4) is 0 Å². The number of halogens is 1. The number of barbiturate groups is 1. The summed E-state index contributed by atoms with van der Waals surface area (Å²) in [6.45, 7) is 5.11. The predicted octanol–water partition coefficient (Wildman–Crippen LogP) is 6.90. The van der Waals surface area contributed by atoms with Crippen molar-refractivity contribution in [3.05, 3.63) is 130 Å². The third kappa shape index (κ3) is 6.44. The standard InChI is InChI=1S/C34H29BrN2O5/c1-34(2,24-6-4-3-5-7-24)25-10-18-29(19-11-25)42-21-20-41-28-16-8-23(9-17-28)22-30-31(38)36-33(40)37(32(30)39)27-14-12-26(35)13-15-27/h3-19,22H,20-21H2,1-2H3,(H,36,38,40)/b30-22+. The van der Waals surface area contributed by atoms with Crippen LogP contribution in [0.1, 0.15) is 30.5 Å². The van der Waals surface area contributed by atoms with Crippen LogP contribution in [0.25, 0.3) is 6.08 Å². The molecule has 0 radical (unpaired) electrons. The van der Waals surface area contributed by atoms with Crippen LogP contribution in [0.4, 0.5) is 10.5 Å². The number of urea groups is 1. The van der Waals surface area contributed by atoms with Gasteiger partial charge < -0.3 is 9.47 Å². The normalized spacial score (nSPS) is 14.6. The minimum Gasteiger partial charge on any atom is -0.490 e. The number of carbonyl (C=O) groups is 3. The molecule has 1 heterocycles. The number of anilines is 1. The van der Waals surface area contributed by atoms with Gasteiger partial charge in [-0.1, -0.05) is 84.4 Å². The Labute approximate surface area is 252 Å². The van der Waals surface area contributed by atoms with E-state index in [1.54, 1.807) is 48.5 Å². The van der Waals surface area contributed by atoms with Gasteiger partial charge >= 0.3 is 6.03 Å². The van der Waals surface area contributed by atoms with Crippen molar-refractivity contribution in [2.75, 3.05) is 18.1 Å². The van der Waals surface area contributed by atoms with E-state index in [1.807, 2.05) is 18.2 Å². The lowest BCUT2D eigenvalue weighted by atomic mass is 9.78. The van der Waals surface area contributed by atoms with E-state index in [2.05, 4.69) is 71.5 Å². The van der Waals surface area contributed by atoms with E-state index in [-0.39, 0.29) is 11.0 Å². The van der Waals surface area contributed by atoms with E-state index >= 15 is 0 Å². The van der Waals surface area contributed by atoms with E-state index < -0.39 is 17.8 Å². The van der Waals surface area contributed by atoms with Crippen LogP contribution in [-0.4, -0.2) is 31.1 Å². The summed E-state index contributed by atoms with van der Waals surface area (Å²) in [6.07, 6.45) is 1.45. The zero-order valence-corrected chi connectivity index (χ0v) is 24.8. The number of nitrogens with zero attached hydrogens (tertiary/aromatic N) is 1. The SMILES string of the molecule is CC(C)(c1ccccc1)c1ccc(OCCOc2ccc(/C=C3\C(=O)NC(=O)N(c4ccc(Br)cc4)C3=O)cc2)cc1. The fourth-order valence-electron chi connectivity index (χ4n) is 4.62. The number of amides is 4. The largest absolute Gasteiger partial charge is 0.490 e. The van der Waals surface area contributed by atoms with Gasteiger partial charge in [0.15, 0.2) is 0 Å². The molecule has 4 aromatic rings. The Morgan fingerprint density at radius 1 is 0.738 bits per heavy atom. The first kappa shape index (κ1) is 28.8. The maximum atomic E-state index is 13.1. The Hall–Kier alpha value is -4.69. The molecule has 0 aromatic heterocycles. The van der Waals surface area contributed by atoms with Crippen molar-refractivity contribution in [1.29, 1.82) is 0 Å². The van der Waals surface area contributed by atoms with Crippen molar-refractivity contribution in [2.45, 2.75) is 19.3 Å². The third-order valence-corrected chi connectivity index (χ3v) is 7.60. The molecule has 8 heteroatoms. The number of ether oxygens (including phenoxy) is 2. The van der Waals surface area contributed by atoms with Crippen molar-refractivity contribution >= 4 is 45.5 Å². The van der Waals surface area contributed by atoms with Crippen LogP contribution in [0.15, 0.2) is 113 Å². The summed E-state index contributed by atoms with van der Waals surface area (Å²) in [4.78, 5) is 38.8. The summed E-state index contributed by atoms with van der Waals surface area (Å²) in [5, 5.41) is 2.23. The molecule has 0 saturated carbocycles. The zero-order valence-electron chi connectivity index (χ0n) is 23.2. The van der Waals surface area contributed by atoms with Gasteiger partial charge in [-0.15, -0.1) is 0 Å². The van der Waals surface area contributed by atoms with E-state index in [1.165, 1.54) is 17.2 Å². The van der Waals surface area contributed by atoms with Crippen LogP contribution < -0.4 is 19.7 Å². The van der Waals surface area contributed by atoms with Crippen LogP contribution in [0.2, 0.25) is 0 Å². The first-order valence-corrected chi connectivity index (χ1v) is 14.2. The number of hydrogen-bond donors (Lipinski definition) is 1. The molecule has 212 valence electrons. The fourth-order valence-corrected chi connectivity index (χ4v) is 4.88. The highest BCUT2D eigenvalue weighted by molar-refractivity contribution is 9.10. The number of rotatable bonds is 9. The lowest BCUT2D eigenvalue weighted by Crippen LogP contribution is -2.54. The maximum Gasteiger partial charge on any atom is 0.335 e. The summed E-state index contributed by atoms with van der Waals surface area (Å²) in [5.74, 6) is -0.0567. The smallest absolute Gasteiger partial charge is 0.335 e. The summed E-state index contributed by atoms with van der Waals surface area (Å²) in [5.41, 5.74) is 3.17. The van der Waals surface area contributed by atoms with Gasteiger partial charge in [-0.2, -0.15) is 0 Å². The fraction of sp³-hybridized carbons (Fsp3) is 0.147. The van der Waals surface area contributed by atoms with Crippen molar-refractivity contribution in [3.8, 4) is 11.5 Å². The molecular weight excluding hydrogens is 596 g/mol. The summed E-state index contributed by atoms with van der Waals surface area (Å²) in [7, 11) is 0. The number of benzene rings is 4. The minimum atomic E-state index is -0.789. The monoisotopic (exact) mass is 624 g/mol. The molecule has 1 N–H and O–H groups in total. The Bertz CT molecular complexity index is 1610. The van der Waals surface area contributed by atoms with E-state index in [0.29, 0.717) is 30.2 Å².